The van der Waals surface area contributed by atoms with Crippen molar-refractivity contribution in [3.8, 4) is 11.4 Å². The van der Waals surface area contributed by atoms with Crippen molar-refractivity contribution in [1.29, 1.82) is 0 Å². The number of benzene rings is 1. The molecule has 3 atom stereocenters. The van der Waals surface area contributed by atoms with Crippen LogP contribution < -0.4 is 5.32 Å². The summed E-state index contributed by atoms with van der Waals surface area (Å²) in [7, 11) is 0. The first-order valence-electron chi connectivity index (χ1n) is 8.59. The van der Waals surface area contributed by atoms with Gasteiger partial charge in [0.15, 0.2) is 5.82 Å². The van der Waals surface area contributed by atoms with Crippen molar-refractivity contribution in [3.05, 3.63) is 29.8 Å². The van der Waals surface area contributed by atoms with Crippen LogP contribution in [0, 0.1) is 18.8 Å². The Balaban J connectivity index is 1.31. The van der Waals surface area contributed by atoms with E-state index in [1.54, 1.807) is 0 Å². The maximum absolute atomic E-state index is 12.2. The molecule has 24 heavy (non-hydrogen) atoms. The number of rotatable bonds is 5. The van der Waals surface area contributed by atoms with Gasteiger partial charge in [0.05, 0.1) is 5.75 Å². The lowest BCUT2D eigenvalue weighted by Crippen LogP contribution is -2.39. The Kier molecular flexibility index (Phi) is 4.31. The standard InChI is InChI=1S/C18H22N4OS/c1-11-3-2-4-14(7-11)17-20-18(22-21-17)24-10-16(23)19-15-9-12-5-6-13(15)8-12/h2-4,7,12-13,15H,5-6,8-10H2,1H3,(H,19,23)(H,20,21,22)/t12-,13+,15+/m0/s1. The van der Waals surface area contributed by atoms with Gasteiger partial charge in [-0.3, -0.25) is 9.89 Å². The molecule has 2 bridgehead atoms. The molecule has 2 N–H and O–H groups in total. The molecule has 0 radical (unpaired) electrons. The summed E-state index contributed by atoms with van der Waals surface area (Å²) in [5.74, 6) is 2.77. The molecule has 2 aliphatic carbocycles. The van der Waals surface area contributed by atoms with E-state index in [-0.39, 0.29) is 5.91 Å². The molecule has 5 nitrogen and oxygen atoms in total. The molecule has 4 rings (SSSR count). The maximum atomic E-state index is 12.2. The van der Waals surface area contributed by atoms with Gasteiger partial charge in [-0.25, -0.2) is 4.98 Å². The van der Waals surface area contributed by atoms with Crippen LogP contribution in [0.15, 0.2) is 29.4 Å². The monoisotopic (exact) mass is 342 g/mol. The molecule has 126 valence electrons. The predicted octanol–water partition coefficient (Wildman–Crippen LogP) is 3.18. The number of carbonyl (C=O) groups excluding carboxylic acids is 1. The van der Waals surface area contributed by atoms with Crippen molar-refractivity contribution < 1.29 is 4.79 Å². The molecule has 6 heteroatoms. The Bertz CT molecular complexity index is 744. The zero-order valence-corrected chi connectivity index (χ0v) is 14.6. The SMILES string of the molecule is Cc1cccc(-c2nc(SCC(=O)N[C@@H]3C[C@H]4CC[C@@H]3C4)n[nH]2)c1. The van der Waals surface area contributed by atoms with E-state index in [1.165, 1.54) is 43.0 Å². The van der Waals surface area contributed by atoms with E-state index in [0.717, 1.165) is 17.3 Å². The van der Waals surface area contributed by atoms with E-state index < -0.39 is 0 Å². The van der Waals surface area contributed by atoms with E-state index in [9.17, 15) is 4.79 Å². The Morgan fingerprint density at radius 1 is 1.38 bits per heavy atom. The summed E-state index contributed by atoms with van der Waals surface area (Å²) >= 11 is 1.39. The first-order valence-corrected chi connectivity index (χ1v) is 9.57. The van der Waals surface area contributed by atoms with Gasteiger partial charge in [0.1, 0.15) is 0 Å². The van der Waals surface area contributed by atoms with E-state index in [2.05, 4.69) is 39.6 Å². The second-order valence-electron chi connectivity index (χ2n) is 6.97. The Morgan fingerprint density at radius 3 is 3.04 bits per heavy atom. The molecule has 2 aliphatic rings. The highest BCUT2D eigenvalue weighted by Crippen LogP contribution is 2.44. The summed E-state index contributed by atoms with van der Waals surface area (Å²) in [5.41, 5.74) is 2.20. The van der Waals surface area contributed by atoms with Crippen molar-refractivity contribution in [2.24, 2.45) is 11.8 Å². The number of aromatic nitrogens is 3. The zero-order chi connectivity index (χ0) is 16.5. The van der Waals surface area contributed by atoms with E-state index in [0.29, 0.717) is 22.9 Å². The molecule has 1 heterocycles. The molecule has 2 saturated carbocycles. The van der Waals surface area contributed by atoms with Gasteiger partial charge in [0, 0.05) is 11.6 Å². The molecule has 0 aliphatic heterocycles. The lowest BCUT2D eigenvalue weighted by atomic mass is 9.95. The number of nitrogens with zero attached hydrogens (tertiary/aromatic N) is 2. The van der Waals surface area contributed by atoms with Crippen molar-refractivity contribution in [2.45, 2.75) is 43.8 Å². The second kappa shape index (κ2) is 6.59. The van der Waals surface area contributed by atoms with E-state index in [1.807, 2.05) is 12.1 Å². The highest BCUT2D eigenvalue weighted by molar-refractivity contribution is 7.99. The smallest absolute Gasteiger partial charge is 0.230 e. The number of aromatic amines is 1. The number of H-pyrrole nitrogens is 1. The fourth-order valence-electron chi connectivity index (χ4n) is 4.03. The number of carbonyl (C=O) groups is 1. The Morgan fingerprint density at radius 2 is 2.29 bits per heavy atom. The largest absolute Gasteiger partial charge is 0.352 e. The van der Waals surface area contributed by atoms with Crippen LogP contribution in [0.2, 0.25) is 0 Å². The number of fused-ring (bicyclic) bond motifs is 2. The molecular weight excluding hydrogens is 320 g/mol. The summed E-state index contributed by atoms with van der Waals surface area (Å²) in [6.45, 7) is 2.05. The van der Waals surface area contributed by atoms with Gasteiger partial charge in [0.2, 0.25) is 11.1 Å². The van der Waals surface area contributed by atoms with Crippen LogP contribution in [-0.2, 0) is 4.79 Å². The lowest BCUT2D eigenvalue weighted by Gasteiger charge is -2.22. The minimum Gasteiger partial charge on any atom is -0.352 e. The number of hydrogen-bond donors (Lipinski definition) is 2. The number of amides is 1. The van der Waals surface area contributed by atoms with Gasteiger partial charge in [-0.1, -0.05) is 41.9 Å². The third-order valence-electron chi connectivity index (χ3n) is 5.17. The minimum atomic E-state index is 0.0967. The van der Waals surface area contributed by atoms with Crippen LogP contribution in [0.5, 0.6) is 0 Å². The first-order chi connectivity index (χ1) is 11.7. The number of thioether (sulfide) groups is 1. The third-order valence-corrected chi connectivity index (χ3v) is 6.02. The van der Waals surface area contributed by atoms with E-state index >= 15 is 0 Å². The number of aryl methyl sites for hydroxylation is 1. The highest BCUT2D eigenvalue weighted by Gasteiger charge is 2.39. The summed E-state index contributed by atoms with van der Waals surface area (Å²) in [4.78, 5) is 16.7. The van der Waals surface area contributed by atoms with Gasteiger partial charge in [0.25, 0.3) is 0 Å². The molecule has 2 fully saturated rings. The van der Waals surface area contributed by atoms with Crippen LogP contribution in [0.1, 0.15) is 31.2 Å². The molecule has 0 saturated heterocycles. The van der Waals surface area contributed by atoms with Crippen molar-refractivity contribution in [2.75, 3.05) is 5.75 Å². The minimum absolute atomic E-state index is 0.0967. The number of nitrogens with one attached hydrogen (secondary N) is 2. The van der Waals surface area contributed by atoms with Gasteiger partial charge in [-0.15, -0.1) is 5.10 Å². The van der Waals surface area contributed by atoms with Crippen LogP contribution in [0.4, 0.5) is 0 Å². The molecule has 1 aromatic carbocycles. The van der Waals surface area contributed by atoms with Crippen molar-refractivity contribution in [3.63, 3.8) is 0 Å². The normalized spacial score (nSPS) is 25.1. The molecule has 0 spiro atoms. The average Bonchev–Trinajstić information content (AvgIpc) is 3.29. The van der Waals surface area contributed by atoms with Crippen LogP contribution in [0.3, 0.4) is 0 Å². The van der Waals surface area contributed by atoms with Gasteiger partial charge in [-0.2, -0.15) is 0 Å². The van der Waals surface area contributed by atoms with Gasteiger partial charge >= 0.3 is 0 Å². The lowest BCUT2D eigenvalue weighted by molar-refractivity contribution is -0.119. The summed E-state index contributed by atoms with van der Waals surface area (Å²) < 4.78 is 0. The first kappa shape index (κ1) is 15.7. The highest BCUT2D eigenvalue weighted by atomic mass is 32.2. The van der Waals surface area contributed by atoms with Crippen LogP contribution >= 0.6 is 11.8 Å². The zero-order valence-electron chi connectivity index (χ0n) is 13.8. The van der Waals surface area contributed by atoms with Gasteiger partial charge in [-0.05, 0) is 44.1 Å². The molecule has 1 amide bonds. The average molecular weight is 342 g/mol. The molecule has 0 unspecified atom stereocenters. The summed E-state index contributed by atoms with van der Waals surface area (Å²) in [6.07, 6.45) is 5.10. The molecular formula is C18H22N4OS. The fraction of sp³-hybridized carbons (Fsp3) is 0.500. The predicted molar refractivity (Wildman–Crippen MR) is 94.7 cm³/mol. The Labute approximate surface area is 146 Å². The van der Waals surface area contributed by atoms with Crippen LogP contribution in [-0.4, -0.2) is 32.9 Å². The Hall–Kier alpha value is -1.82. The summed E-state index contributed by atoms with van der Waals surface area (Å²) in [6, 6.07) is 8.52. The molecule has 1 aromatic heterocycles. The third kappa shape index (κ3) is 3.34. The quantitative estimate of drug-likeness (QED) is 0.819. The van der Waals surface area contributed by atoms with Crippen molar-refractivity contribution >= 4 is 17.7 Å². The topological polar surface area (TPSA) is 70.7 Å². The number of hydrogen-bond acceptors (Lipinski definition) is 4. The second-order valence-corrected chi connectivity index (χ2v) is 7.92. The summed E-state index contributed by atoms with van der Waals surface area (Å²) in [5, 5.41) is 11.0. The molecule has 2 aromatic rings. The van der Waals surface area contributed by atoms with Gasteiger partial charge < -0.3 is 5.32 Å². The maximum Gasteiger partial charge on any atom is 0.230 e. The van der Waals surface area contributed by atoms with Crippen molar-refractivity contribution in [1.82, 2.24) is 20.5 Å². The fourth-order valence-corrected chi connectivity index (χ4v) is 4.64. The van der Waals surface area contributed by atoms with Crippen LogP contribution in [0.25, 0.3) is 11.4 Å². The van der Waals surface area contributed by atoms with E-state index in [4.69, 9.17) is 0 Å².